The van der Waals surface area contributed by atoms with Crippen LogP contribution in [0.5, 0.6) is 0 Å². The van der Waals surface area contributed by atoms with Crippen LogP contribution in [0.2, 0.25) is 0 Å². The van der Waals surface area contributed by atoms with Crippen LogP contribution in [0.15, 0.2) is 30.3 Å². The first kappa shape index (κ1) is 12.4. The average molecular weight is 246 g/mol. The zero-order valence-electron chi connectivity index (χ0n) is 8.68. The summed E-state index contributed by atoms with van der Waals surface area (Å²) in [6.45, 7) is 0.763. The molecular weight excluding hydrogens is 235 g/mol. The fourth-order valence-electron chi connectivity index (χ4n) is 1.75. The Kier molecular flexibility index (Phi) is 4.57. The number of fused-ring (bicyclic) bond motifs is 1. The monoisotopic (exact) mass is 246 g/mol. The molecule has 0 aromatic heterocycles. The molecule has 2 saturated heterocycles. The Labute approximate surface area is 133 Å². The third-order valence-electron chi connectivity index (χ3n) is 2.48. The molecule has 74 valence electrons. The molecular formula is C10H11KO3Si. The summed E-state index contributed by atoms with van der Waals surface area (Å²) < 4.78 is 17.0. The molecule has 0 bridgehead atoms. The largest absolute Gasteiger partial charge is 1.00 e. The van der Waals surface area contributed by atoms with Gasteiger partial charge in [0.25, 0.3) is 0 Å². The molecule has 0 saturated carbocycles. The van der Waals surface area contributed by atoms with E-state index in [4.69, 9.17) is 13.6 Å². The normalized spacial score (nSPS) is 28.7. The molecule has 3 rings (SSSR count). The second kappa shape index (κ2) is 5.53. The molecule has 2 aliphatic rings. The van der Waals surface area contributed by atoms with Gasteiger partial charge in [-0.05, 0) is 6.42 Å². The molecule has 3 nitrogen and oxygen atoms in total. The number of ether oxygens (including phenoxy) is 1. The summed E-state index contributed by atoms with van der Waals surface area (Å²) in [5, 5.41) is 1.16. The van der Waals surface area contributed by atoms with Crippen LogP contribution < -0.4 is 56.6 Å². The van der Waals surface area contributed by atoms with E-state index in [0.717, 1.165) is 18.2 Å². The Morgan fingerprint density at radius 3 is 2.67 bits per heavy atom. The van der Waals surface area contributed by atoms with Gasteiger partial charge in [0.15, 0.2) is 0 Å². The maximum Gasteiger partial charge on any atom is 1.00 e. The van der Waals surface area contributed by atoms with Crippen molar-refractivity contribution in [1.82, 2.24) is 0 Å². The fourth-order valence-corrected chi connectivity index (χ4v) is 3.48. The van der Waals surface area contributed by atoms with E-state index in [1.807, 2.05) is 18.2 Å². The van der Waals surface area contributed by atoms with Crippen LogP contribution >= 0.6 is 0 Å². The van der Waals surface area contributed by atoms with Gasteiger partial charge < -0.3 is 13.6 Å². The molecule has 0 spiro atoms. The predicted octanol–water partition coefficient (Wildman–Crippen LogP) is -2.45. The second-order valence-corrected chi connectivity index (χ2v) is 5.08. The van der Waals surface area contributed by atoms with Crippen molar-refractivity contribution in [2.75, 3.05) is 6.61 Å². The van der Waals surface area contributed by atoms with Crippen LogP contribution in [0.3, 0.4) is 0 Å². The minimum atomic E-state index is -1.27. The standard InChI is InChI=1S/C10H11O3Si.K/c1-2-4-8(5-3-1)14-12-9-6-7-11-10(9)13-14;/h1-5,9-10H,6-7H2;/q-1;+1/t9-,10-;/m1./s1. The predicted molar refractivity (Wildman–Crippen MR) is 52.1 cm³/mol. The van der Waals surface area contributed by atoms with E-state index in [0.29, 0.717) is 0 Å². The van der Waals surface area contributed by atoms with Crippen molar-refractivity contribution in [2.45, 2.75) is 18.8 Å². The molecule has 0 radical (unpaired) electrons. The van der Waals surface area contributed by atoms with Crippen LogP contribution in [-0.4, -0.2) is 28.3 Å². The Hall–Kier alpha value is 0.953. The number of hydrogen-bond acceptors (Lipinski definition) is 3. The van der Waals surface area contributed by atoms with Crippen molar-refractivity contribution in [3.8, 4) is 0 Å². The first-order valence-electron chi connectivity index (χ1n) is 4.81. The second-order valence-electron chi connectivity index (χ2n) is 3.46. The van der Waals surface area contributed by atoms with Crippen molar-refractivity contribution in [3.05, 3.63) is 30.3 Å². The Bertz CT molecular complexity index is 310. The molecule has 0 aliphatic carbocycles. The Morgan fingerprint density at radius 1 is 1.13 bits per heavy atom. The van der Waals surface area contributed by atoms with Crippen molar-refractivity contribution >= 4 is 14.5 Å². The Morgan fingerprint density at radius 2 is 1.93 bits per heavy atom. The van der Waals surface area contributed by atoms with E-state index in [-0.39, 0.29) is 63.8 Å². The molecule has 1 aromatic rings. The third-order valence-corrected chi connectivity index (χ3v) is 4.25. The van der Waals surface area contributed by atoms with E-state index >= 15 is 0 Å². The maximum absolute atomic E-state index is 5.83. The number of hydrogen-bond donors (Lipinski definition) is 0. The van der Waals surface area contributed by atoms with Crippen LogP contribution in [0.4, 0.5) is 0 Å². The van der Waals surface area contributed by atoms with Gasteiger partial charge in [-0.3, -0.25) is 0 Å². The fraction of sp³-hybridized carbons (Fsp3) is 0.400. The summed E-state index contributed by atoms with van der Waals surface area (Å²) in [7, 11) is -1.27. The molecule has 2 fully saturated rings. The van der Waals surface area contributed by atoms with Crippen molar-refractivity contribution in [1.29, 1.82) is 0 Å². The summed E-state index contributed by atoms with van der Waals surface area (Å²) in [6.07, 6.45) is 1.03. The minimum absolute atomic E-state index is 0. The van der Waals surface area contributed by atoms with Gasteiger partial charge >= 0.3 is 51.4 Å². The summed E-state index contributed by atoms with van der Waals surface area (Å²) in [6, 6.07) is 10.1. The van der Waals surface area contributed by atoms with Crippen molar-refractivity contribution in [3.63, 3.8) is 0 Å². The van der Waals surface area contributed by atoms with E-state index in [2.05, 4.69) is 12.1 Å². The molecule has 0 unspecified atom stereocenters. The molecule has 1 aromatic carbocycles. The van der Waals surface area contributed by atoms with Crippen LogP contribution in [0, 0.1) is 0 Å². The van der Waals surface area contributed by atoms with Gasteiger partial charge in [0.2, 0.25) is 0 Å². The number of benzene rings is 1. The summed E-state index contributed by atoms with van der Waals surface area (Å²) >= 11 is 0. The maximum atomic E-state index is 5.83. The van der Waals surface area contributed by atoms with Gasteiger partial charge in [0, 0.05) is 9.28 Å². The van der Waals surface area contributed by atoms with Gasteiger partial charge in [-0.25, -0.2) is 0 Å². The van der Waals surface area contributed by atoms with E-state index < -0.39 is 9.28 Å². The van der Waals surface area contributed by atoms with Crippen LogP contribution in [0.25, 0.3) is 0 Å². The van der Waals surface area contributed by atoms with Gasteiger partial charge in [0.1, 0.15) is 6.29 Å². The molecule has 2 heterocycles. The molecule has 0 amide bonds. The quantitative estimate of drug-likeness (QED) is 0.515. The molecule has 2 atom stereocenters. The number of rotatable bonds is 1. The van der Waals surface area contributed by atoms with Crippen molar-refractivity contribution in [2.24, 2.45) is 0 Å². The van der Waals surface area contributed by atoms with E-state index in [1.54, 1.807) is 0 Å². The van der Waals surface area contributed by atoms with Gasteiger partial charge in [0.05, 0.1) is 12.7 Å². The smallest absolute Gasteiger partial charge is 0.535 e. The van der Waals surface area contributed by atoms with Gasteiger partial charge in [-0.15, -0.1) is 5.19 Å². The zero-order valence-corrected chi connectivity index (χ0v) is 12.8. The average Bonchev–Trinajstić information content (AvgIpc) is 2.78. The van der Waals surface area contributed by atoms with Gasteiger partial charge in [-0.1, -0.05) is 30.3 Å². The molecule has 15 heavy (non-hydrogen) atoms. The molecule has 0 N–H and O–H groups in total. The van der Waals surface area contributed by atoms with Gasteiger partial charge in [-0.2, -0.15) is 0 Å². The Balaban J connectivity index is 0.000000853. The first-order valence-corrected chi connectivity index (χ1v) is 6.12. The van der Waals surface area contributed by atoms with Crippen LogP contribution in [-0.2, 0) is 13.6 Å². The molecule has 5 heteroatoms. The van der Waals surface area contributed by atoms with Crippen molar-refractivity contribution < 1.29 is 65.0 Å². The summed E-state index contributed by atoms with van der Waals surface area (Å²) in [5.74, 6) is 0. The summed E-state index contributed by atoms with van der Waals surface area (Å²) in [5.41, 5.74) is 0. The SMILES string of the molecule is [K+].c1ccc([Si-]2O[C@H]3OCC[C@H]3O2)cc1. The third kappa shape index (κ3) is 2.62. The topological polar surface area (TPSA) is 27.7 Å². The minimum Gasteiger partial charge on any atom is -0.535 e. The summed E-state index contributed by atoms with van der Waals surface area (Å²) in [4.78, 5) is 0. The molecule has 2 aliphatic heterocycles. The zero-order chi connectivity index (χ0) is 9.38. The van der Waals surface area contributed by atoms with Crippen LogP contribution in [0.1, 0.15) is 6.42 Å². The van der Waals surface area contributed by atoms with E-state index in [1.165, 1.54) is 0 Å². The van der Waals surface area contributed by atoms with E-state index in [9.17, 15) is 0 Å². The first-order chi connectivity index (χ1) is 6.93.